The van der Waals surface area contributed by atoms with Crippen LogP contribution in [0, 0.1) is 16.7 Å². The number of amides is 3. The average Bonchev–Trinajstić information content (AvgIpc) is 3.26. The van der Waals surface area contributed by atoms with E-state index in [-0.39, 0.29) is 41.3 Å². The summed E-state index contributed by atoms with van der Waals surface area (Å²) in [6, 6.07) is 18.4. The fourth-order valence-electron chi connectivity index (χ4n) is 6.60. The maximum Gasteiger partial charge on any atom is 0.331 e. The van der Waals surface area contributed by atoms with Gasteiger partial charge in [0, 0.05) is 5.69 Å². The van der Waals surface area contributed by atoms with Crippen LogP contribution in [0.3, 0.4) is 0 Å². The Bertz CT molecular complexity index is 1010. The highest BCUT2D eigenvalue weighted by Crippen LogP contribution is 2.69. The first-order chi connectivity index (χ1) is 14.8. The lowest BCUT2D eigenvalue weighted by Gasteiger charge is -2.41. The third-order valence-electron chi connectivity index (χ3n) is 8.61. The molecule has 0 spiro atoms. The number of carbonyl (C=O) groups is 2. The van der Waals surface area contributed by atoms with Crippen LogP contribution in [0.2, 0.25) is 0 Å². The topological polar surface area (TPSA) is 60.9 Å². The molecule has 0 radical (unpaired) electrons. The largest absolute Gasteiger partial charge is 0.388 e. The number of hydrogen-bond acceptors (Lipinski definition) is 3. The van der Waals surface area contributed by atoms with Gasteiger partial charge in [-0.05, 0) is 47.3 Å². The molecule has 162 valence electrons. The molecule has 1 aliphatic heterocycles. The molecular weight excluding hydrogens is 388 g/mol. The van der Waals surface area contributed by atoms with Gasteiger partial charge in [-0.2, -0.15) is 0 Å². The lowest BCUT2D eigenvalue weighted by Crippen LogP contribution is -2.50. The minimum atomic E-state index is -0.926. The summed E-state index contributed by atoms with van der Waals surface area (Å²) in [6.07, 6.45) is 1.05. The summed E-state index contributed by atoms with van der Waals surface area (Å²) in [5.74, 6) is 0.0443. The van der Waals surface area contributed by atoms with E-state index < -0.39 is 6.10 Å². The number of fused-ring (bicyclic) bond motifs is 5. The highest BCUT2D eigenvalue weighted by molar-refractivity contribution is 6.06. The Labute approximate surface area is 183 Å². The molecule has 2 aliphatic carbocycles. The summed E-state index contributed by atoms with van der Waals surface area (Å²) >= 11 is 0. The monoisotopic (exact) mass is 418 g/mol. The Morgan fingerprint density at radius 3 is 2.32 bits per heavy atom. The van der Waals surface area contributed by atoms with Crippen LogP contribution in [0.4, 0.5) is 10.5 Å². The number of aliphatic hydroxyl groups excluding tert-OH is 1. The number of nitrogens with zero attached hydrogens (tertiary/aromatic N) is 2. The summed E-state index contributed by atoms with van der Waals surface area (Å²) in [5, 5.41) is 10.7. The fourth-order valence-corrected chi connectivity index (χ4v) is 6.60. The van der Waals surface area contributed by atoms with Crippen LogP contribution in [0.1, 0.15) is 51.7 Å². The van der Waals surface area contributed by atoms with Crippen molar-refractivity contribution >= 4 is 17.6 Å². The van der Waals surface area contributed by atoms with Gasteiger partial charge in [0.1, 0.15) is 0 Å². The Kier molecular flexibility index (Phi) is 4.52. The van der Waals surface area contributed by atoms with Crippen molar-refractivity contribution < 1.29 is 14.7 Å². The van der Waals surface area contributed by atoms with Crippen LogP contribution in [-0.4, -0.2) is 34.0 Å². The normalized spacial score (nSPS) is 31.7. The van der Waals surface area contributed by atoms with Gasteiger partial charge in [-0.15, -0.1) is 0 Å². The highest BCUT2D eigenvalue weighted by Gasteiger charge is 2.73. The van der Waals surface area contributed by atoms with Gasteiger partial charge in [0.15, 0.2) is 0 Å². The molecule has 5 rings (SSSR count). The molecule has 3 amide bonds. The molecule has 2 bridgehead atoms. The van der Waals surface area contributed by atoms with E-state index in [2.05, 4.69) is 20.8 Å². The summed E-state index contributed by atoms with van der Waals surface area (Å²) in [6.45, 7) is 6.82. The van der Waals surface area contributed by atoms with E-state index in [9.17, 15) is 14.7 Å². The molecule has 5 nitrogen and oxygen atoms in total. The Hall–Kier alpha value is -2.66. The van der Waals surface area contributed by atoms with Crippen molar-refractivity contribution in [2.24, 2.45) is 16.7 Å². The molecule has 3 fully saturated rings. The zero-order chi connectivity index (χ0) is 22.0. The smallest absolute Gasteiger partial charge is 0.331 e. The minimum absolute atomic E-state index is 0.0205. The van der Waals surface area contributed by atoms with E-state index >= 15 is 0 Å². The number of hydrogen-bond donors (Lipinski definition) is 1. The Morgan fingerprint density at radius 1 is 1.06 bits per heavy atom. The summed E-state index contributed by atoms with van der Waals surface area (Å²) in [4.78, 5) is 30.6. The summed E-state index contributed by atoms with van der Waals surface area (Å²) < 4.78 is 0. The highest BCUT2D eigenvalue weighted by atomic mass is 16.3. The maximum atomic E-state index is 13.7. The molecule has 5 heteroatoms. The van der Waals surface area contributed by atoms with Crippen LogP contribution < -0.4 is 4.90 Å². The first-order valence-corrected chi connectivity index (χ1v) is 11.2. The van der Waals surface area contributed by atoms with Gasteiger partial charge in [-0.3, -0.25) is 14.6 Å². The van der Waals surface area contributed by atoms with Gasteiger partial charge in [-0.1, -0.05) is 69.3 Å². The van der Waals surface area contributed by atoms with E-state index in [1.54, 1.807) is 0 Å². The third-order valence-corrected chi connectivity index (χ3v) is 8.61. The van der Waals surface area contributed by atoms with E-state index in [1.807, 2.05) is 65.6 Å². The number of urea groups is 1. The van der Waals surface area contributed by atoms with E-state index in [0.29, 0.717) is 11.5 Å². The molecular formula is C26H30N2O3. The van der Waals surface area contributed by atoms with Gasteiger partial charge in [0.2, 0.25) is 5.91 Å². The van der Waals surface area contributed by atoms with E-state index in [0.717, 1.165) is 18.5 Å². The van der Waals surface area contributed by atoms with Gasteiger partial charge >= 0.3 is 6.03 Å². The van der Waals surface area contributed by atoms with Crippen molar-refractivity contribution in [1.82, 2.24) is 4.90 Å². The van der Waals surface area contributed by atoms with Crippen molar-refractivity contribution in [1.29, 1.82) is 0 Å². The van der Waals surface area contributed by atoms with Crippen LogP contribution in [0.25, 0.3) is 0 Å². The number of rotatable bonds is 4. The number of benzene rings is 2. The third kappa shape index (κ3) is 2.72. The molecule has 2 saturated carbocycles. The van der Waals surface area contributed by atoms with Crippen LogP contribution >= 0.6 is 0 Å². The van der Waals surface area contributed by atoms with E-state index in [1.165, 1.54) is 4.90 Å². The molecule has 1 N–H and O–H groups in total. The second-order valence-corrected chi connectivity index (χ2v) is 10.1. The molecule has 0 unspecified atom stereocenters. The lowest BCUT2D eigenvalue weighted by atomic mass is 9.69. The predicted octanol–water partition coefficient (Wildman–Crippen LogP) is 4.77. The molecule has 0 aromatic heterocycles. The van der Waals surface area contributed by atoms with E-state index in [4.69, 9.17) is 0 Å². The second-order valence-electron chi connectivity index (χ2n) is 10.1. The van der Waals surface area contributed by atoms with Gasteiger partial charge < -0.3 is 5.11 Å². The summed E-state index contributed by atoms with van der Waals surface area (Å²) in [7, 11) is 0. The van der Waals surface area contributed by atoms with Crippen molar-refractivity contribution in [2.45, 2.75) is 58.2 Å². The summed E-state index contributed by atoms with van der Waals surface area (Å²) in [5.41, 5.74) is 1.41. The first-order valence-electron chi connectivity index (χ1n) is 11.2. The minimum Gasteiger partial charge on any atom is -0.388 e. The van der Waals surface area contributed by atoms with Gasteiger partial charge in [-0.25, -0.2) is 4.79 Å². The van der Waals surface area contributed by atoms with Crippen LogP contribution in [0.15, 0.2) is 60.7 Å². The van der Waals surface area contributed by atoms with Crippen molar-refractivity contribution in [3.8, 4) is 0 Å². The van der Waals surface area contributed by atoms with Crippen LogP contribution in [-0.2, 0) is 4.79 Å². The standard InChI is InChI=1S/C26H30N2O3/c1-25(2)19-14-15-26(25,3)23-22(19)27(18-12-8-5-9-13-18)24(31)28(23)21(30)16-20(29)17-10-6-4-7-11-17/h4-13,19-20,22-23,29H,14-16H2,1-3H3/t19-,20-,22-,23-,26+/m1/s1. The zero-order valence-corrected chi connectivity index (χ0v) is 18.4. The molecule has 1 heterocycles. The number of carbonyl (C=O) groups excluding carboxylic acids is 2. The lowest BCUT2D eigenvalue weighted by molar-refractivity contribution is -0.133. The number of imide groups is 1. The van der Waals surface area contributed by atoms with Crippen molar-refractivity contribution in [3.05, 3.63) is 66.2 Å². The SMILES string of the molecule is CC1(C)[C@@H]2CC[C@@]1(C)[C@H]1[C@@H]2N(c2ccccc2)C(=O)N1C(=O)C[C@@H](O)c1ccccc1. The number of anilines is 1. The Balaban J connectivity index is 1.53. The predicted molar refractivity (Wildman–Crippen MR) is 119 cm³/mol. The molecule has 2 aromatic carbocycles. The van der Waals surface area contributed by atoms with Crippen molar-refractivity contribution in [2.75, 3.05) is 4.90 Å². The maximum absolute atomic E-state index is 13.7. The quantitative estimate of drug-likeness (QED) is 0.778. The van der Waals surface area contributed by atoms with Gasteiger partial charge in [0.25, 0.3) is 0 Å². The molecule has 1 saturated heterocycles. The molecule has 31 heavy (non-hydrogen) atoms. The number of para-hydroxylation sites is 1. The zero-order valence-electron chi connectivity index (χ0n) is 18.4. The molecule has 5 atom stereocenters. The molecule has 3 aliphatic rings. The number of aliphatic hydroxyl groups is 1. The first kappa shape index (κ1) is 20.3. The average molecular weight is 419 g/mol. The molecule has 2 aromatic rings. The van der Waals surface area contributed by atoms with Crippen LogP contribution in [0.5, 0.6) is 0 Å². The Morgan fingerprint density at radius 2 is 1.68 bits per heavy atom. The van der Waals surface area contributed by atoms with Crippen molar-refractivity contribution in [3.63, 3.8) is 0 Å². The fraction of sp³-hybridized carbons (Fsp3) is 0.462. The second kappa shape index (κ2) is 6.92. The van der Waals surface area contributed by atoms with Gasteiger partial charge in [0.05, 0.1) is 24.6 Å².